The third-order valence-electron chi connectivity index (χ3n) is 3.87. The van der Waals surface area contributed by atoms with Crippen molar-refractivity contribution in [3.8, 4) is 0 Å². The molecule has 0 aromatic heterocycles. The summed E-state index contributed by atoms with van der Waals surface area (Å²) in [4.78, 5) is 13.9. The van der Waals surface area contributed by atoms with E-state index in [1.54, 1.807) is 18.0 Å². The molecule has 0 unspecified atom stereocenters. The lowest BCUT2D eigenvalue weighted by Gasteiger charge is -2.18. The molecule has 6 heteroatoms. The highest BCUT2D eigenvalue weighted by atomic mass is 19.4. The molecule has 1 N–H and O–H groups in total. The molecule has 2 aromatic rings. The quantitative estimate of drug-likeness (QED) is 0.867. The number of amides is 1. The lowest BCUT2D eigenvalue weighted by atomic mass is 10.1. The Bertz CT molecular complexity index is 736. The second-order valence-corrected chi connectivity index (χ2v) is 6.19. The fourth-order valence-corrected chi connectivity index (χ4v) is 2.65. The Morgan fingerprint density at radius 2 is 1.68 bits per heavy atom. The van der Waals surface area contributed by atoms with E-state index in [0.29, 0.717) is 5.56 Å². The van der Waals surface area contributed by atoms with Gasteiger partial charge in [-0.2, -0.15) is 13.2 Å². The molecular formula is C19H21F3N2O. The average molecular weight is 350 g/mol. The summed E-state index contributed by atoms with van der Waals surface area (Å²) in [5.74, 6) is -0.202. The zero-order valence-corrected chi connectivity index (χ0v) is 14.4. The van der Waals surface area contributed by atoms with Gasteiger partial charge in [-0.15, -0.1) is 0 Å². The van der Waals surface area contributed by atoms with Crippen molar-refractivity contribution in [3.63, 3.8) is 0 Å². The van der Waals surface area contributed by atoms with E-state index in [1.807, 2.05) is 32.0 Å². The van der Waals surface area contributed by atoms with Crippen LogP contribution in [0.4, 0.5) is 18.9 Å². The summed E-state index contributed by atoms with van der Waals surface area (Å²) >= 11 is 0. The number of carbonyl (C=O) groups excluding carboxylic acids is 1. The lowest BCUT2D eigenvalue weighted by Crippen LogP contribution is -2.30. The number of carbonyl (C=O) groups is 1. The Kier molecular flexibility index (Phi) is 5.85. The molecule has 25 heavy (non-hydrogen) atoms. The third kappa shape index (κ3) is 5.32. The number of rotatable bonds is 5. The van der Waals surface area contributed by atoms with Crippen LogP contribution in [0.15, 0.2) is 42.5 Å². The van der Waals surface area contributed by atoms with Crippen molar-refractivity contribution in [2.24, 2.45) is 0 Å². The molecule has 2 rings (SSSR count). The number of anilines is 1. The van der Waals surface area contributed by atoms with Crippen LogP contribution in [0, 0.1) is 13.8 Å². The minimum atomic E-state index is -4.37. The third-order valence-corrected chi connectivity index (χ3v) is 3.87. The van der Waals surface area contributed by atoms with Gasteiger partial charge in [0.05, 0.1) is 12.1 Å². The first kappa shape index (κ1) is 19.0. The van der Waals surface area contributed by atoms with Crippen molar-refractivity contribution >= 4 is 11.6 Å². The van der Waals surface area contributed by atoms with E-state index >= 15 is 0 Å². The predicted octanol–water partition coefficient (Wildman–Crippen LogP) is 4.39. The number of hydrogen-bond acceptors (Lipinski definition) is 2. The van der Waals surface area contributed by atoms with Crippen LogP contribution in [-0.4, -0.2) is 24.4 Å². The molecule has 0 aliphatic rings. The van der Waals surface area contributed by atoms with Crippen LogP contribution in [0.3, 0.4) is 0 Å². The molecule has 3 nitrogen and oxygen atoms in total. The van der Waals surface area contributed by atoms with Gasteiger partial charge in [0.15, 0.2) is 0 Å². The van der Waals surface area contributed by atoms with Crippen molar-refractivity contribution in [1.82, 2.24) is 4.90 Å². The molecule has 1 amide bonds. The molecule has 0 atom stereocenters. The van der Waals surface area contributed by atoms with Crippen LogP contribution < -0.4 is 5.32 Å². The number of nitrogens with one attached hydrogen (secondary N) is 1. The number of halogens is 3. The number of alkyl halides is 3. The van der Waals surface area contributed by atoms with E-state index in [4.69, 9.17) is 0 Å². The maximum absolute atomic E-state index is 12.8. The average Bonchev–Trinajstić information content (AvgIpc) is 2.50. The minimum absolute atomic E-state index is 0.0873. The highest BCUT2D eigenvalue weighted by Crippen LogP contribution is 2.29. The van der Waals surface area contributed by atoms with E-state index in [2.05, 4.69) is 5.32 Å². The zero-order chi connectivity index (χ0) is 18.6. The van der Waals surface area contributed by atoms with E-state index < -0.39 is 11.7 Å². The minimum Gasteiger partial charge on any atom is -0.324 e. The SMILES string of the molecule is Cc1cccc(C)c1NC(=O)CN(C)Cc1cccc(C(F)(F)F)c1. The van der Waals surface area contributed by atoms with E-state index in [-0.39, 0.29) is 19.0 Å². The monoisotopic (exact) mass is 350 g/mol. The molecular weight excluding hydrogens is 329 g/mol. The van der Waals surface area contributed by atoms with Gasteiger partial charge in [0.1, 0.15) is 0 Å². The molecule has 0 aliphatic heterocycles. The van der Waals surface area contributed by atoms with Crippen molar-refractivity contribution in [2.75, 3.05) is 18.9 Å². The number of benzene rings is 2. The summed E-state index contributed by atoms with van der Waals surface area (Å²) in [6.45, 7) is 4.16. The van der Waals surface area contributed by atoms with Crippen LogP contribution in [0.5, 0.6) is 0 Å². The maximum Gasteiger partial charge on any atom is 0.416 e. The summed E-state index contributed by atoms with van der Waals surface area (Å²) in [6, 6.07) is 10.9. The molecule has 134 valence electrons. The Morgan fingerprint density at radius 3 is 2.28 bits per heavy atom. The van der Waals surface area contributed by atoms with Gasteiger partial charge in [-0.1, -0.05) is 36.4 Å². The smallest absolute Gasteiger partial charge is 0.324 e. The van der Waals surface area contributed by atoms with Gasteiger partial charge in [0.25, 0.3) is 0 Å². The predicted molar refractivity (Wildman–Crippen MR) is 92.3 cm³/mol. The van der Waals surface area contributed by atoms with E-state index in [1.165, 1.54) is 6.07 Å². The van der Waals surface area contributed by atoms with E-state index in [9.17, 15) is 18.0 Å². The Labute approximate surface area is 145 Å². The number of nitrogens with zero attached hydrogens (tertiary/aromatic N) is 1. The Balaban J connectivity index is 1.98. The standard InChI is InChI=1S/C19H21F3N2O/c1-13-6-4-7-14(2)18(13)23-17(25)12-24(3)11-15-8-5-9-16(10-15)19(20,21)22/h4-10H,11-12H2,1-3H3,(H,23,25). The molecule has 0 saturated heterocycles. The van der Waals surface area contributed by atoms with Crippen molar-refractivity contribution in [2.45, 2.75) is 26.6 Å². The highest BCUT2D eigenvalue weighted by molar-refractivity contribution is 5.93. The van der Waals surface area contributed by atoms with Gasteiger partial charge < -0.3 is 5.32 Å². The molecule has 0 saturated carbocycles. The summed E-state index contributed by atoms with van der Waals surface area (Å²) in [5.41, 5.74) is 2.54. The second kappa shape index (κ2) is 7.70. The first-order valence-corrected chi connectivity index (χ1v) is 7.87. The summed E-state index contributed by atoms with van der Waals surface area (Å²) in [7, 11) is 1.70. The van der Waals surface area contributed by atoms with Crippen LogP contribution in [0.1, 0.15) is 22.3 Å². The van der Waals surface area contributed by atoms with Gasteiger partial charge in [-0.3, -0.25) is 9.69 Å². The summed E-state index contributed by atoms with van der Waals surface area (Å²) < 4.78 is 38.3. The number of hydrogen-bond donors (Lipinski definition) is 1. The van der Waals surface area contributed by atoms with Gasteiger partial charge >= 0.3 is 6.18 Å². The largest absolute Gasteiger partial charge is 0.416 e. The summed E-state index contributed by atoms with van der Waals surface area (Å²) in [6.07, 6.45) is -4.37. The lowest BCUT2D eigenvalue weighted by molar-refractivity contribution is -0.137. The van der Waals surface area contributed by atoms with Gasteiger partial charge in [0.2, 0.25) is 5.91 Å². The number of aryl methyl sites for hydroxylation is 2. The Morgan fingerprint density at radius 1 is 1.08 bits per heavy atom. The first-order chi connectivity index (χ1) is 11.7. The zero-order valence-electron chi connectivity index (χ0n) is 14.4. The number of para-hydroxylation sites is 1. The van der Waals surface area contributed by atoms with Crippen molar-refractivity contribution in [3.05, 3.63) is 64.7 Å². The van der Waals surface area contributed by atoms with E-state index in [0.717, 1.165) is 28.9 Å². The normalized spacial score (nSPS) is 11.6. The van der Waals surface area contributed by atoms with Crippen molar-refractivity contribution in [1.29, 1.82) is 0 Å². The first-order valence-electron chi connectivity index (χ1n) is 7.87. The van der Waals surface area contributed by atoms with Gasteiger partial charge in [-0.05, 0) is 43.7 Å². The van der Waals surface area contributed by atoms with Crippen LogP contribution in [0.2, 0.25) is 0 Å². The Hall–Kier alpha value is -2.34. The highest BCUT2D eigenvalue weighted by Gasteiger charge is 2.30. The maximum atomic E-state index is 12.8. The molecule has 0 heterocycles. The molecule has 0 spiro atoms. The van der Waals surface area contributed by atoms with Crippen LogP contribution >= 0.6 is 0 Å². The number of likely N-dealkylation sites (N-methyl/N-ethyl adjacent to an activating group) is 1. The fourth-order valence-electron chi connectivity index (χ4n) is 2.65. The van der Waals surface area contributed by atoms with Gasteiger partial charge in [0, 0.05) is 12.2 Å². The molecule has 0 aliphatic carbocycles. The molecule has 0 fully saturated rings. The van der Waals surface area contributed by atoms with Gasteiger partial charge in [-0.25, -0.2) is 0 Å². The van der Waals surface area contributed by atoms with Crippen LogP contribution in [-0.2, 0) is 17.5 Å². The molecule has 0 radical (unpaired) electrons. The fraction of sp³-hybridized carbons (Fsp3) is 0.316. The van der Waals surface area contributed by atoms with Crippen LogP contribution in [0.25, 0.3) is 0 Å². The molecule has 0 bridgehead atoms. The molecule has 2 aromatic carbocycles. The van der Waals surface area contributed by atoms with Crippen molar-refractivity contribution < 1.29 is 18.0 Å². The second-order valence-electron chi connectivity index (χ2n) is 6.19. The summed E-state index contributed by atoms with van der Waals surface area (Å²) in [5, 5.41) is 2.87. The topological polar surface area (TPSA) is 32.3 Å².